The zero-order valence-electron chi connectivity index (χ0n) is 9.09. The lowest BCUT2D eigenvalue weighted by atomic mass is 10.1. The number of halogens is 2. The Kier molecular flexibility index (Phi) is 2.47. The quantitative estimate of drug-likeness (QED) is 0.822. The summed E-state index contributed by atoms with van der Waals surface area (Å²) in [5, 5.41) is 3.64. The smallest absolute Gasteiger partial charge is 0.268 e. The minimum absolute atomic E-state index is 0.430. The fourth-order valence-corrected chi connectivity index (χ4v) is 1.74. The normalized spacial score (nSPS) is 14.6. The minimum Gasteiger partial charge on any atom is -0.455 e. The van der Waals surface area contributed by atoms with E-state index in [1.165, 1.54) is 47.7 Å². The third-order valence-electron chi connectivity index (χ3n) is 2.51. The molecule has 0 spiro atoms. The topological polar surface area (TPSA) is 36.3 Å². The van der Waals surface area contributed by atoms with E-state index in [-0.39, 0.29) is 0 Å². The van der Waals surface area contributed by atoms with Crippen molar-refractivity contribution in [3.63, 3.8) is 0 Å². The van der Waals surface area contributed by atoms with Gasteiger partial charge in [-0.15, -0.1) is 5.10 Å². The highest BCUT2D eigenvalue weighted by molar-refractivity contribution is 5.42. The molecule has 92 valence electrons. The van der Waals surface area contributed by atoms with Crippen LogP contribution >= 0.6 is 0 Å². The van der Waals surface area contributed by atoms with Crippen molar-refractivity contribution in [3.8, 4) is 5.69 Å². The number of aromatic nitrogens is 2. The highest BCUT2D eigenvalue weighted by Gasteiger charge is 2.21. The lowest BCUT2D eigenvalue weighted by Crippen LogP contribution is -2.07. The van der Waals surface area contributed by atoms with Crippen molar-refractivity contribution in [3.05, 3.63) is 60.3 Å². The van der Waals surface area contributed by atoms with Crippen LogP contribution in [0.15, 0.2) is 43.0 Å². The van der Waals surface area contributed by atoms with Crippen LogP contribution in [0.4, 0.5) is 8.78 Å². The Morgan fingerprint density at radius 1 is 1.11 bits per heavy atom. The summed E-state index contributed by atoms with van der Waals surface area (Å²) in [6.07, 6.45) is 3.42. The number of hydrogen-bond donors (Lipinski definition) is 0. The molecule has 0 fully saturated rings. The molecule has 0 aliphatic carbocycles. The first kappa shape index (κ1) is 10.8. The average molecular weight is 250 g/mol. The third-order valence-corrected chi connectivity index (χ3v) is 2.51. The van der Waals surface area contributed by atoms with Crippen LogP contribution in [0.5, 0.6) is 0 Å². The van der Waals surface area contributed by atoms with Crippen LogP contribution in [0.1, 0.15) is 11.9 Å². The molecule has 3 rings (SSSR count). The van der Waals surface area contributed by atoms with E-state index in [1.54, 1.807) is 0 Å². The summed E-state index contributed by atoms with van der Waals surface area (Å²) >= 11 is 0. The summed E-state index contributed by atoms with van der Waals surface area (Å²) in [5.74, 6) is -1.04. The summed E-state index contributed by atoms with van der Waals surface area (Å²) in [5.41, 5.74) is 0.928. The van der Waals surface area contributed by atoms with Crippen LogP contribution in [0, 0.1) is 11.8 Å². The van der Waals surface area contributed by atoms with E-state index < -0.39 is 18.1 Å². The summed E-state index contributed by atoms with van der Waals surface area (Å²) < 4.78 is 37.8. The third kappa shape index (κ3) is 1.81. The zero-order valence-corrected chi connectivity index (χ0v) is 9.09. The molecule has 0 N–H and O–H groups in total. The molecule has 0 saturated heterocycles. The molecule has 0 saturated carbocycles. The van der Waals surface area contributed by atoms with Gasteiger partial charge in [0.15, 0.2) is 0 Å². The first-order chi connectivity index (χ1) is 8.74. The lowest BCUT2D eigenvalue weighted by molar-refractivity contribution is -0.0248. The second-order valence-electron chi connectivity index (χ2n) is 3.66. The molecular formula is C12H8F2N2O2. The maximum Gasteiger partial charge on any atom is 0.268 e. The highest BCUT2D eigenvalue weighted by atomic mass is 19.1. The molecule has 2 heterocycles. The van der Waals surface area contributed by atoms with Crippen LogP contribution in [-0.2, 0) is 9.47 Å². The SMILES string of the molecule is Fc1ccc(-n2ccc(F)n2)c(C2OC=CO2)c1. The predicted molar refractivity (Wildman–Crippen MR) is 57.5 cm³/mol. The van der Waals surface area contributed by atoms with Crippen LogP contribution in [-0.4, -0.2) is 9.78 Å². The molecule has 1 aromatic heterocycles. The van der Waals surface area contributed by atoms with Gasteiger partial charge < -0.3 is 9.47 Å². The van der Waals surface area contributed by atoms with Crippen molar-refractivity contribution in [2.75, 3.05) is 0 Å². The first-order valence-electron chi connectivity index (χ1n) is 5.21. The monoisotopic (exact) mass is 250 g/mol. The van der Waals surface area contributed by atoms with Gasteiger partial charge in [-0.2, -0.15) is 4.39 Å². The van der Waals surface area contributed by atoms with Gasteiger partial charge in [0, 0.05) is 12.3 Å². The first-order valence-corrected chi connectivity index (χ1v) is 5.21. The molecule has 0 amide bonds. The summed E-state index contributed by atoms with van der Waals surface area (Å²) in [6.45, 7) is 0. The van der Waals surface area contributed by atoms with Crippen LogP contribution in [0.25, 0.3) is 5.69 Å². The fourth-order valence-electron chi connectivity index (χ4n) is 1.74. The standard InChI is InChI=1S/C12H8F2N2O2/c13-8-1-2-10(16-4-3-11(14)15-16)9(7-8)12-17-5-6-18-12/h1-7,12H. The van der Waals surface area contributed by atoms with Gasteiger partial charge in [-0.1, -0.05) is 0 Å². The van der Waals surface area contributed by atoms with Gasteiger partial charge in [-0.25, -0.2) is 9.07 Å². The average Bonchev–Trinajstić information content (AvgIpc) is 2.99. The molecule has 0 unspecified atom stereocenters. The van der Waals surface area contributed by atoms with E-state index in [0.717, 1.165) is 0 Å². The molecule has 1 aliphatic rings. The van der Waals surface area contributed by atoms with Gasteiger partial charge in [0.25, 0.3) is 6.29 Å². The number of benzene rings is 1. The van der Waals surface area contributed by atoms with Gasteiger partial charge >= 0.3 is 0 Å². The summed E-state index contributed by atoms with van der Waals surface area (Å²) in [4.78, 5) is 0. The maximum absolute atomic E-state index is 13.3. The number of nitrogens with zero attached hydrogens (tertiary/aromatic N) is 2. The van der Waals surface area contributed by atoms with E-state index >= 15 is 0 Å². The minimum atomic E-state index is -0.747. The molecule has 2 aromatic rings. The molecule has 4 nitrogen and oxygen atoms in total. The van der Waals surface area contributed by atoms with E-state index in [2.05, 4.69) is 5.10 Å². The number of ether oxygens (including phenoxy) is 2. The van der Waals surface area contributed by atoms with Gasteiger partial charge in [-0.05, 0) is 18.2 Å². The van der Waals surface area contributed by atoms with Gasteiger partial charge in [-0.3, -0.25) is 0 Å². The van der Waals surface area contributed by atoms with Crippen molar-refractivity contribution < 1.29 is 18.3 Å². The zero-order chi connectivity index (χ0) is 12.5. The predicted octanol–water partition coefficient (Wildman–Crippen LogP) is 2.67. The maximum atomic E-state index is 13.3. The molecule has 0 bridgehead atoms. The fraction of sp³-hybridized carbons (Fsp3) is 0.0833. The Labute approximate surface area is 101 Å². The Bertz CT molecular complexity index is 602. The molecule has 0 radical (unpaired) electrons. The Morgan fingerprint density at radius 2 is 1.89 bits per heavy atom. The molecular weight excluding hydrogens is 242 g/mol. The van der Waals surface area contributed by atoms with E-state index in [0.29, 0.717) is 11.3 Å². The Balaban J connectivity index is 2.08. The van der Waals surface area contributed by atoms with E-state index in [4.69, 9.17) is 9.47 Å². The largest absolute Gasteiger partial charge is 0.455 e. The van der Waals surface area contributed by atoms with Crippen LogP contribution in [0.3, 0.4) is 0 Å². The van der Waals surface area contributed by atoms with Crippen molar-refractivity contribution in [2.24, 2.45) is 0 Å². The molecule has 1 aliphatic heterocycles. The molecule has 0 atom stereocenters. The van der Waals surface area contributed by atoms with Gasteiger partial charge in [0.1, 0.15) is 18.3 Å². The van der Waals surface area contributed by atoms with Crippen molar-refractivity contribution in [2.45, 2.75) is 6.29 Å². The molecule has 18 heavy (non-hydrogen) atoms. The van der Waals surface area contributed by atoms with Crippen LogP contribution in [0.2, 0.25) is 0 Å². The van der Waals surface area contributed by atoms with Crippen molar-refractivity contribution in [1.82, 2.24) is 9.78 Å². The van der Waals surface area contributed by atoms with Crippen molar-refractivity contribution in [1.29, 1.82) is 0 Å². The number of rotatable bonds is 2. The molecule has 6 heteroatoms. The van der Waals surface area contributed by atoms with Gasteiger partial charge in [0.05, 0.1) is 11.3 Å². The Hall–Kier alpha value is -2.37. The molecule has 1 aromatic carbocycles. The number of hydrogen-bond acceptors (Lipinski definition) is 3. The van der Waals surface area contributed by atoms with E-state index in [1.807, 2.05) is 0 Å². The summed E-state index contributed by atoms with van der Waals surface area (Å²) in [7, 11) is 0. The van der Waals surface area contributed by atoms with Crippen molar-refractivity contribution >= 4 is 0 Å². The highest BCUT2D eigenvalue weighted by Crippen LogP contribution is 2.29. The lowest BCUT2D eigenvalue weighted by Gasteiger charge is -2.15. The van der Waals surface area contributed by atoms with Gasteiger partial charge in [0.2, 0.25) is 5.95 Å². The second kappa shape index (κ2) is 4.14. The van der Waals surface area contributed by atoms with E-state index in [9.17, 15) is 8.78 Å². The summed E-state index contributed by atoms with van der Waals surface area (Å²) in [6, 6.07) is 5.23. The second-order valence-corrected chi connectivity index (χ2v) is 3.66. The Morgan fingerprint density at radius 3 is 2.56 bits per heavy atom. The van der Waals surface area contributed by atoms with Crippen LogP contribution < -0.4 is 0 Å².